The van der Waals surface area contributed by atoms with Crippen LogP contribution in [0.5, 0.6) is 0 Å². The first-order chi connectivity index (χ1) is 9.20. The number of aromatic nitrogens is 1. The van der Waals surface area contributed by atoms with E-state index in [-0.39, 0.29) is 0 Å². The van der Waals surface area contributed by atoms with Crippen LogP contribution in [0.1, 0.15) is 36.4 Å². The molecule has 1 aromatic rings. The van der Waals surface area contributed by atoms with Crippen molar-refractivity contribution in [2.75, 3.05) is 20.1 Å². The molecule has 0 bridgehead atoms. The zero-order chi connectivity index (χ0) is 13.7. The minimum Gasteiger partial charge on any atom is -0.338 e. The molecular formula is C14H23N3OS. The molecule has 0 radical (unpaired) electrons. The van der Waals surface area contributed by atoms with Crippen LogP contribution in [0.25, 0.3) is 0 Å². The van der Waals surface area contributed by atoms with Crippen LogP contribution in [-0.2, 0) is 11.2 Å². The third-order valence-corrected chi connectivity index (χ3v) is 4.45. The minimum absolute atomic E-state index is 0.310. The van der Waals surface area contributed by atoms with Crippen molar-refractivity contribution in [1.82, 2.24) is 15.2 Å². The van der Waals surface area contributed by atoms with Crippen LogP contribution in [-0.4, -0.2) is 42.0 Å². The number of rotatable bonds is 6. The number of thiazole rings is 1. The summed E-state index contributed by atoms with van der Waals surface area (Å²) in [7, 11) is 1.95. The number of likely N-dealkylation sites (tertiary alicyclic amines) is 1. The Hall–Kier alpha value is -0.940. The highest BCUT2D eigenvalue weighted by Gasteiger charge is 2.27. The number of nitrogens with zero attached hydrogens (tertiary/aromatic N) is 2. The van der Waals surface area contributed by atoms with E-state index in [0.29, 0.717) is 18.4 Å². The summed E-state index contributed by atoms with van der Waals surface area (Å²) in [6.07, 6.45) is 4.75. The van der Waals surface area contributed by atoms with Gasteiger partial charge < -0.3 is 10.2 Å². The Bertz CT molecular complexity index is 419. The first-order valence-corrected chi connectivity index (χ1v) is 7.93. The lowest BCUT2D eigenvalue weighted by atomic mass is 10.1. The predicted octanol–water partition coefficient (Wildman–Crippen LogP) is 1.98. The van der Waals surface area contributed by atoms with E-state index in [1.54, 1.807) is 11.3 Å². The van der Waals surface area contributed by atoms with Crippen LogP contribution in [0.2, 0.25) is 0 Å². The molecule has 106 valence electrons. The molecule has 2 rings (SSSR count). The van der Waals surface area contributed by atoms with Crippen LogP contribution in [0.4, 0.5) is 0 Å². The second-order valence-electron chi connectivity index (χ2n) is 5.15. The fourth-order valence-corrected chi connectivity index (χ4v) is 3.35. The minimum atomic E-state index is 0.310. The molecule has 1 aliphatic heterocycles. The van der Waals surface area contributed by atoms with Crippen LogP contribution in [0, 0.1) is 6.92 Å². The number of hydrogen-bond acceptors (Lipinski definition) is 4. The molecule has 1 unspecified atom stereocenters. The molecule has 0 aromatic carbocycles. The average Bonchev–Trinajstić information content (AvgIpc) is 2.99. The summed E-state index contributed by atoms with van der Waals surface area (Å²) in [6.45, 7) is 3.86. The molecule has 19 heavy (non-hydrogen) atoms. The molecule has 1 saturated heterocycles. The van der Waals surface area contributed by atoms with E-state index in [2.05, 4.69) is 20.6 Å². The van der Waals surface area contributed by atoms with Crippen molar-refractivity contribution in [3.8, 4) is 0 Å². The summed E-state index contributed by atoms with van der Waals surface area (Å²) in [6, 6.07) is 0.402. The Morgan fingerprint density at radius 2 is 2.47 bits per heavy atom. The van der Waals surface area contributed by atoms with Crippen LogP contribution < -0.4 is 5.32 Å². The van der Waals surface area contributed by atoms with Gasteiger partial charge in [0.1, 0.15) is 0 Å². The Morgan fingerprint density at radius 3 is 3.16 bits per heavy atom. The van der Waals surface area contributed by atoms with Crippen LogP contribution in [0.3, 0.4) is 0 Å². The highest BCUT2D eigenvalue weighted by atomic mass is 32.1. The smallest absolute Gasteiger partial charge is 0.222 e. The topological polar surface area (TPSA) is 45.2 Å². The van der Waals surface area contributed by atoms with Gasteiger partial charge in [-0.2, -0.15) is 0 Å². The predicted molar refractivity (Wildman–Crippen MR) is 78.5 cm³/mol. The third-order valence-electron chi connectivity index (χ3n) is 3.63. The quantitative estimate of drug-likeness (QED) is 0.867. The lowest BCUT2D eigenvalue weighted by Crippen LogP contribution is -2.40. The fourth-order valence-electron chi connectivity index (χ4n) is 2.70. The van der Waals surface area contributed by atoms with E-state index in [1.807, 2.05) is 14.0 Å². The summed E-state index contributed by atoms with van der Waals surface area (Å²) in [5.74, 6) is 0.310. The Labute approximate surface area is 119 Å². The van der Waals surface area contributed by atoms with Crippen molar-refractivity contribution in [2.24, 2.45) is 0 Å². The maximum atomic E-state index is 12.2. The maximum Gasteiger partial charge on any atom is 0.222 e. The number of carbonyl (C=O) groups is 1. The van der Waals surface area contributed by atoms with Gasteiger partial charge in [0.05, 0.1) is 10.7 Å². The van der Waals surface area contributed by atoms with E-state index < -0.39 is 0 Å². The van der Waals surface area contributed by atoms with E-state index >= 15 is 0 Å². The molecule has 1 aliphatic rings. The van der Waals surface area contributed by atoms with Gasteiger partial charge in [0, 0.05) is 30.9 Å². The average molecular weight is 281 g/mol. The number of likely N-dealkylation sites (N-methyl/N-ethyl adjacent to an activating group) is 1. The Morgan fingerprint density at radius 1 is 1.63 bits per heavy atom. The molecule has 1 fully saturated rings. The van der Waals surface area contributed by atoms with Gasteiger partial charge in [-0.25, -0.2) is 4.98 Å². The summed E-state index contributed by atoms with van der Waals surface area (Å²) in [4.78, 5) is 18.7. The standard InChI is InChI=1S/C14H23N3OS/c1-11-16-12(10-19-11)5-3-7-14(18)17-8-4-6-13(17)9-15-2/h10,13,15H,3-9H2,1-2H3. The largest absolute Gasteiger partial charge is 0.338 e. The van der Waals surface area contributed by atoms with Gasteiger partial charge in [0.2, 0.25) is 5.91 Å². The summed E-state index contributed by atoms with van der Waals surface area (Å²) >= 11 is 1.68. The fraction of sp³-hybridized carbons (Fsp3) is 0.714. The number of amides is 1. The zero-order valence-electron chi connectivity index (χ0n) is 11.8. The van der Waals surface area contributed by atoms with Gasteiger partial charge in [-0.3, -0.25) is 4.79 Å². The summed E-state index contributed by atoms with van der Waals surface area (Å²) in [5, 5.41) is 6.38. The highest BCUT2D eigenvalue weighted by molar-refractivity contribution is 7.09. The van der Waals surface area contributed by atoms with E-state index in [9.17, 15) is 4.79 Å². The monoisotopic (exact) mass is 281 g/mol. The van der Waals surface area contributed by atoms with Gasteiger partial charge in [-0.05, 0) is 39.7 Å². The molecule has 0 saturated carbocycles. The van der Waals surface area contributed by atoms with Gasteiger partial charge >= 0.3 is 0 Å². The Kier molecular flexibility index (Phi) is 5.34. The molecule has 1 N–H and O–H groups in total. The van der Waals surface area contributed by atoms with E-state index in [1.165, 1.54) is 0 Å². The second-order valence-corrected chi connectivity index (χ2v) is 6.21. The number of aryl methyl sites for hydroxylation is 2. The zero-order valence-corrected chi connectivity index (χ0v) is 12.6. The first-order valence-electron chi connectivity index (χ1n) is 7.06. The van der Waals surface area contributed by atoms with Crippen molar-refractivity contribution in [3.63, 3.8) is 0 Å². The molecule has 0 aliphatic carbocycles. The van der Waals surface area contributed by atoms with Gasteiger partial charge in [-0.15, -0.1) is 11.3 Å². The second kappa shape index (κ2) is 7.01. The lowest BCUT2D eigenvalue weighted by molar-refractivity contribution is -0.132. The van der Waals surface area contributed by atoms with Crippen LogP contribution in [0.15, 0.2) is 5.38 Å². The number of nitrogens with one attached hydrogen (secondary N) is 1. The molecule has 1 aromatic heterocycles. The Balaban J connectivity index is 1.74. The van der Waals surface area contributed by atoms with Gasteiger partial charge in [-0.1, -0.05) is 0 Å². The normalized spacial score (nSPS) is 19.1. The molecule has 5 heteroatoms. The number of hydrogen-bond donors (Lipinski definition) is 1. The molecule has 0 spiro atoms. The third kappa shape index (κ3) is 4.01. The van der Waals surface area contributed by atoms with Crippen LogP contribution >= 0.6 is 11.3 Å². The maximum absolute atomic E-state index is 12.2. The van der Waals surface area contributed by atoms with Crippen molar-refractivity contribution in [1.29, 1.82) is 0 Å². The van der Waals surface area contributed by atoms with E-state index in [0.717, 1.165) is 49.5 Å². The molecular weight excluding hydrogens is 258 g/mol. The van der Waals surface area contributed by atoms with Crippen molar-refractivity contribution < 1.29 is 4.79 Å². The van der Waals surface area contributed by atoms with Crippen molar-refractivity contribution in [3.05, 3.63) is 16.1 Å². The van der Waals surface area contributed by atoms with Gasteiger partial charge in [0.15, 0.2) is 0 Å². The number of carbonyl (C=O) groups excluding carboxylic acids is 1. The summed E-state index contributed by atoms with van der Waals surface area (Å²) in [5.41, 5.74) is 1.13. The van der Waals surface area contributed by atoms with E-state index in [4.69, 9.17) is 0 Å². The molecule has 2 heterocycles. The first kappa shape index (κ1) is 14.5. The van der Waals surface area contributed by atoms with Crippen molar-refractivity contribution >= 4 is 17.2 Å². The van der Waals surface area contributed by atoms with Crippen molar-refractivity contribution in [2.45, 2.75) is 45.1 Å². The summed E-state index contributed by atoms with van der Waals surface area (Å²) < 4.78 is 0. The molecule has 1 amide bonds. The highest BCUT2D eigenvalue weighted by Crippen LogP contribution is 2.18. The SMILES string of the molecule is CNCC1CCCN1C(=O)CCCc1csc(C)n1. The lowest BCUT2D eigenvalue weighted by Gasteiger charge is -2.24. The molecule has 4 nitrogen and oxygen atoms in total. The molecule has 1 atom stereocenters. The van der Waals surface area contributed by atoms with Gasteiger partial charge in [0.25, 0.3) is 0 Å².